The Labute approximate surface area is 102 Å². The minimum absolute atomic E-state index is 0.0996. The van der Waals surface area contributed by atoms with Crippen molar-refractivity contribution in [2.45, 2.75) is 13.0 Å². The van der Waals surface area contributed by atoms with Crippen LogP contribution in [0.2, 0.25) is 0 Å². The van der Waals surface area contributed by atoms with Crippen LogP contribution in [0, 0.1) is 11.3 Å². The molecule has 90 valence electrons. The normalized spacial score (nSPS) is 11.8. The second kappa shape index (κ2) is 4.67. The van der Waals surface area contributed by atoms with Gasteiger partial charge in [-0.15, -0.1) is 0 Å². The molecule has 0 spiro atoms. The molecule has 2 heterocycles. The summed E-state index contributed by atoms with van der Waals surface area (Å²) >= 11 is 0. The van der Waals surface area contributed by atoms with E-state index in [9.17, 15) is 9.59 Å². The molecule has 0 aliphatic rings. The quantitative estimate of drug-likeness (QED) is 0.825. The van der Waals surface area contributed by atoms with Crippen molar-refractivity contribution in [3.8, 4) is 6.07 Å². The Kier molecular flexibility index (Phi) is 3.06. The van der Waals surface area contributed by atoms with Gasteiger partial charge in [0.05, 0.1) is 11.7 Å². The van der Waals surface area contributed by atoms with E-state index in [1.54, 1.807) is 37.4 Å². The molecule has 2 rings (SSSR count). The first kappa shape index (κ1) is 11.8. The van der Waals surface area contributed by atoms with Gasteiger partial charge in [-0.05, 0) is 19.1 Å². The summed E-state index contributed by atoms with van der Waals surface area (Å²) in [6, 6.07) is 6.74. The lowest BCUT2D eigenvalue weighted by atomic mass is 10.2. The maximum absolute atomic E-state index is 11.7. The number of nitrogens with zero attached hydrogens (tertiary/aromatic N) is 3. The number of pyridine rings is 1. The van der Waals surface area contributed by atoms with Crippen LogP contribution in [-0.4, -0.2) is 14.5 Å². The Morgan fingerprint density at radius 2 is 2.22 bits per heavy atom. The lowest BCUT2D eigenvalue weighted by Gasteiger charge is -2.13. The molecule has 0 radical (unpaired) electrons. The molecule has 1 unspecified atom stereocenters. The molecule has 0 saturated carbocycles. The van der Waals surface area contributed by atoms with Gasteiger partial charge in [0, 0.05) is 12.4 Å². The maximum Gasteiger partial charge on any atom is 0.329 e. The largest absolute Gasteiger partial charge is 0.329 e. The number of rotatable bonds is 2. The molecule has 1 N–H and O–H groups in total. The zero-order valence-electron chi connectivity index (χ0n) is 9.62. The average Bonchev–Trinajstić information content (AvgIpc) is 2.39. The van der Waals surface area contributed by atoms with Gasteiger partial charge in [-0.3, -0.25) is 19.3 Å². The van der Waals surface area contributed by atoms with Gasteiger partial charge in [-0.25, -0.2) is 4.79 Å². The van der Waals surface area contributed by atoms with Crippen molar-refractivity contribution < 1.29 is 0 Å². The number of H-pyrrole nitrogens is 1. The van der Waals surface area contributed by atoms with Crippen LogP contribution in [0.1, 0.15) is 24.2 Å². The van der Waals surface area contributed by atoms with Gasteiger partial charge in [-0.1, -0.05) is 6.07 Å². The van der Waals surface area contributed by atoms with Crippen molar-refractivity contribution in [2.24, 2.45) is 0 Å². The minimum Gasteiger partial charge on any atom is -0.290 e. The minimum atomic E-state index is -0.674. The lowest BCUT2D eigenvalue weighted by Crippen LogP contribution is -2.33. The lowest BCUT2D eigenvalue weighted by molar-refractivity contribution is 0.579. The third-order valence-electron chi connectivity index (χ3n) is 2.62. The van der Waals surface area contributed by atoms with Gasteiger partial charge < -0.3 is 0 Å². The van der Waals surface area contributed by atoms with Crippen molar-refractivity contribution in [3.63, 3.8) is 0 Å². The van der Waals surface area contributed by atoms with Crippen molar-refractivity contribution >= 4 is 0 Å². The molecule has 0 bridgehead atoms. The van der Waals surface area contributed by atoms with Gasteiger partial charge >= 0.3 is 5.69 Å². The monoisotopic (exact) mass is 242 g/mol. The summed E-state index contributed by atoms with van der Waals surface area (Å²) in [5.41, 5.74) is -0.656. The van der Waals surface area contributed by atoms with Crippen molar-refractivity contribution in [2.75, 3.05) is 0 Å². The molecule has 6 nitrogen and oxygen atoms in total. The predicted octanol–water partition coefficient (Wildman–Crippen LogP) is 0.413. The molecule has 0 aromatic carbocycles. The van der Waals surface area contributed by atoms with Gasteiger partial charge in [0.25, 0.3) is 5.56 Å². The van der Waals surface area contributed by atoms with E-state index in [4.69, 9.17) is 5.26 Å². The first-order valence-corrected chi connectivity index (χ1v) is 5.30. The molecular formula is C12H10N4O2. The van der Waals surface area contributed by atoms with Crippen LogP contribution in [0.5, 0.6) is 0 Å². The fraction of sp³-hybridized carbons (Fsp3) is 0.167. The topological polar surface area (TPSA) is 91.5 Å². The number of nitrogens with one attached hydrogen (secondary N) is 1. The molecule has 18 heavy (non-hydrogen) atoms. The highest BCUT2D eigenvalue weighted by Crippen LogP contribution is 2.11. The molecular weight excluding hydrogens is 232 g/mol. The van der Waals surface area contributed by atoms with Crippen LogP contribution < -0.4 is 11.2 Å². The Morgan fingerprint density at radius 1 is 1.44 bits per heavy atom. The zero-order valence-corrected chi connectivity index (χ0v) is 9.62. The maximum atomic E-state index is 11.7. The fourth-order valence-electron chi connectivity index (χ4n) is 1.62. The summed E-state index contributed by atoms with van der Waals surface area (Å²) < 4.78 is 1.28. The molecule has 1 atom stereocenters. The van der Waals surface area contributed by atoms with E-state index in [2.05, 4.69) is 9.97 Å². The Bertz CT molecular complexity index is 709. The van der Waals surface area contributed by atoms with E-state index >= 15 is 0 Å². The average molecular weight is 242 g/mol. The molecule has 6 heteroatoms. The van der Waals surface area contributed by atoms with Crippen molar-refractivity contribution in [1.82, 2.24) is 14.5 Å². The second-order valence-electron chi connectivity index (χ2n) is 3.75. The summed E-state index contributed by atoms with van der Waals surface area (Å²) in [4.78, 5) is 29.2. The summed E-state index contributed by atoms with van der Waals surface area (Å²) in [6.07, 6.45) is 2.87. The third kappa shape index (κ3) is 2.06. The number of hydrogen-bond donors (Lipinski definition) is 1. The summed E-state index contributed by atoms with van der Waals surface area (Å²) in [5, 5.41) is 8.79. The second-order valence-corrected chi connectivity index (χ2v) is 3.75. The number of nitriles is 1. The predicted molar refractivity (Wildman–Crippen MR) is 64.1 cm³/mol. The highest BCUT2D eigenvalue weighted by molar-refractivity contribution is 5.22. The van der Waals surface area contributed by atoms with Crippen molar-refractivity contribution in [3.05, 3.63) is 62.7 Å². The Morgan fingerprint density at radius 3 is 2.83 bits per heavy atom. The van der Waals surface area contributed by atoms with E-state index in [1.807, 2.05) is 0 Å². The number of hydrogen-bond acceptors (Lipinski definition) is 4. The standard InChI is InChI=1S/C12H10N4O2/c1-8(10-4-2-3-5-14-10)16-7-9(6-13)11(17)15-12(16)18/h2-5,7-8H,1H3,(H,15,17,18). The molecule has 0 amide bonds. The van der Waals surface area contributed by atoms with Crippen LogP contribution in [0.4, 0.5) is 0 Å². The first-order valence-electron chi connectivity index (χ1n) is 5.30. The molecule has 0 saturated heterocycles. The van der Waals surface area contributed by atoms with E-state index in [0.29, 0.717) is 5.69 Å². The number of aromatic nitrogens is 3. The summed E-state index contributed by atoms with van der Waals surface area (Å²) in [6.45, 7) is 1.77. The fourth-order valence-corrected chi connectivity index (χ4v) is 1.62. The van der Waals surface area contributed by atoms with Crippen LogP contribution in [-0.2, 0) is 0 Å². The summed E-state index contributed by atoms with van der Waals surface area (Å²) in [7, 11) is 0. The molecule has 2 aromatic heterocycles. The van der Waals surface area contributed by atoms with Crippen LogP contribution >= 0.6 is 0 Å². The van der Waals surface area contributed by atoms with Crippen LogP contribution in [0.3, 0.4) is 0 Å². The van der Waals surface area contributed by atoms with E-state index in [1.165, 1.54) is 10.8 Å². The zero-order chi connectivity index (χ0) is 13.1. The van der Waals surface area contributed by atoms with Gasteiger partial charge in [-0.2, -0.15) is 5.26 Å². The Hall–Kier alpha value is -2.68. The number of aromatic amines is 1. The highest BCUT2D eigenvalue weighted by Gasteiger charge is 2.12. The van der Waals surface area contributed by atoms with Crippen LogP contribution in [0.25, 0.3) is 0 Å². The van der Waals surface area contributed by atoms with Crippen molar-refractivity contribution in [1.29, 1.82) is 5.26 Å². The van der Waals surface area contributed by atoms with E-state index in [0.717, 1.165) is 0 Å². The smallest absolute Gasteiger partial charge is 0.290 e. The van der Waals surface area contributed by atoms with Gasteiger partial charge in [0.15, 0.2) is 0 Å². The van der Waals surface area contributed by atoms with E-state index < -0.39 is 11.2 Å². The Balaban J connectivity index is 2.56. The SMILES string of the molecule is CC(c1ccccn1)n1cc(C#N)c(=O)[nH]c1=O. The first-order chi connectivity index (χ1) is 8.63. The molecule has 0 fully saturated rings. The van der Waals surface area contributed by atoms with E-state index in [-0.39, 0.29) is 11.6 Å². The molecule has 0 aliphatic heterocycles. The molecule has 2 aromatic rings. The van der Waals surface area contributed by atoms with Gasteiger partial charge in [0.2, 0.25) is 0 Å². The van der Waals surface area contributed by atoms with Gasteiger partial charge in [0.1, 0.15) is 11.6 Å². The highest BCUT2D eigenvalue weighted by atomic mass is 16.2. The molecule has 0 aliphatic carbocycles. The van der Waals surface area contributed by atoms with Crippen LogP contribution in [0.15, 0.2) is 40.2 Å². The summed E-state index contributed by atoms with van der Waals surface area (Å²) in [5.74, 6) is 0. The third-order valence-corrected chi connectivity index (χ3v) is 2.62.